The van der Waals surface area contributed by atoms with Crippen LogP contribution in [0.4, 0.5) is 5.69 Å². The van der Waals surface area contributed by atoms with Gasteiger partial charge >= 0.3 is 0 Å². The zero-order valence-electron chi connectivity index (χ0n) is 12.9. The third-order valence-electron chi connectivity index (χ3n) is 3.85. The van der Waals surface area contributed by atoms with Gasteiger partial charge in [-0.1, -0.05) is 24.3 Å². The second-order valence-electron chi connectivity index (χ2n) is 5.55. The molecular weight excluding hydrogens is 342 g/mol. The van der Waals surface area contributed by atoms with Gasteiger partial charge < -0.3 is 14.8 Å². The van der Waals surface area contributed by atoms with Crippen molar-refractivity contribution in [2.45, 2.75) is 10.7 Å². The summed E-state index contributed by atoms with van der Waals surface area (Å²) in [5.74, 6) is 3.46. The summed E-state index contributed by atoms with van der Waals surface area (Å²) in [5, 5.41) is 2.94. The first-order valence-corrected chi connectivity index (χ1v) is 9.92. The van der Waals surface area contributed by atoms with E-state index in [1.165, 1.54) is 17.1 Å². The maximum atomic E-state index is 12.5. The summed E-state index contributed by atoms with van der Waals surface area (Å²) >= 11 is 3.90. The van der Waals surface area contributed by atoms with Crippen LogP contribution in [0.5, 0.6) is 11.5 Å². The maximum Gasteiger partial charge on any atom is 0.269 e. The Bertz CT molecular complexity index is 747. The Morgan fingerprint density at radius 2 is 1.83 bits per heavy atom. The lowest BCUT2D eigenvalue weighted by Crippen LogP contribution is -2.40. The highest BCUT2D eigenvalue weighted by Crippen LogP contribution is 2.45. The smallest absolute Gasteiger partial charge is 0.269 e. The molecule has 24 heavy (non-hydrogen) atoms. The van der Waals surface area contributed by atoms with Crippen LogP contribution >= 0.6 is 23.5 Å². The van der Waals surface area contributed by atoms with Crippen LogP contribution in [0.1, 0.15) is 10.1 Å². The Labute approximate surface area is 149 Å². The van der Waals surface area contributed by atoms with Gasteiger partial charge in [-0.2, -0.15) is 0 Å². The molecule has 0 radical (unpaired) electrons. The van der Waals surface area contributed by atoms with E-state index in [-0.39, 0.29) is 12.5 Å². The Morgan fingerprint density at radius 3 is 2.67 bits per heavy atom. The summed E-state index contributed by atoms with van der Waals surface area (Å²) in [6, 6.07) is 15.4. The van der Waals surface area contributed by atoms with Crippen LogP contribution in [-0.4, -0.2) is 30.1 Å². The van der Waals surface area contributed by atoms with Crippen LogP contribution < -0.4 is 14.8 Å². The highest BCUT2D eigenvalue weighted by Gasteiger charge is 2.27. The van der Waals surface area contributed by atoms with Crippen molar-refractivity contribution in [1.29, 1.82) is 0 Å². The van der Waals surface area contributed by atoms with Gasteiger partial charge in [-0.15, -0.1) is 23.5 Å². The molecule has 4 nitrogen and oxygen atoms in total. The van der Waals surface area contributed by atoms with Crippen molar-refractivity contribution in [2.75, 3.05) is 23.4 Å². The van der Waals surface area contributed by atoms with E-state index in [9.17, 15) is 4.79 Å². The minimum Gasteiger partial charge on any atom is -0.485 e. The van der Waals surface area contributed by atoms with Gasteiger partial charge in [0, 0.05) is 17.2 Å². The summed E-state index contributed by atoms with van der Waals surface area (Å²) in [5.41, 5.74) is 2.04. The van der Waals surface area contributed by atoms with Gasteiger partial charge in [-0.25, -0.2) is 0 Å². The molecule has 1 amide bonds. The largest absolute Gasteiger partial charge is 0.485 e. The van der Waals surface area contributed by atoms with Gasteiger partial charge in [0.05, 0.1) is 4.58 Å². The second kappa shape index (κ2) is 6.99. The number of anilines is 1. The van der Waals surface area contributed by atoms with Gasteiger partial charge in [0.1, 0.15) is 6.61 Å². The molecule has 0 bridgehead atoms. The molecule has 4 rings (SSSR count). The van der Waals surface area contributed by atoms with E-state index < -0.39 is 6.10 Å². The minimum atomic E-state index is -0.640. The van der Waals surface area contributed by atoms with Crippen molar-refractivity contribution < 1.29 is 14.3 Å². The average molecular weight is 359 g/mol. The van der Waals surface area contributed by atoms with Crippen molar-refractivity contribution in [3.05, 3.63) is 54.1 Å². The van der Waals surface area contributed by atoms with E-state index >= 15 is 0 Å². The fourth-order valence-corrected chi connectivity index (χ4v) is 5.52. The molecule has 0 aliphatic carbocycles. The van der Waals surface area contributed by atoms with Gasteiger partial charge in [-0.3, -0.25) is 4.79 Å². The van der Waals surface area contributed by atoms with Crippen LogP contribution in [-0.2, 0) is 4.79 Å². The zero-order valence-corrected chi connectivity index (χ0v) is 14.6. The highest BCUT2D eigenvalue weighted by molar-refractivity contribution is 8.19. The number of fused-ring (bicyclic) bond motifs is 1. The SMILES string of the molecule is O=C(Nc1cccc(C2SCCS2)c1)C1COc2ccccc2O1. The van der Waals surface area contributed by atoms with E-state index in [0.717, 1.165) is 5.69 Å². The van der Waals surface area contributed by atoms with Gasteiger partial charge in [-0.05, 0) is 29.8 Å². The molecular formula is C18H17NO3S2. The standard InChI is InChI=1S/C18H17NO3S2/c20-17(16-11-21-14-6-1-2-7-15(14)22-16)19-13-5-3-4-12(10-13)18-23-8-9-24-18/h1-7,10,16,18H,8-9,11H2,(H,19,20). The normalized spacial score (nSPS) is 19.9. The Hall–Kier alpha value is -1.79. The molecule has 2 aromatic rings. The van der Waals surface area contributed by atoms with Crippen molar-refractivity contribution in [1.82, 2.24) is 0 Å². The van der Waals surface area contributed by atoms with Gasteiger partial charge in [0.15, 0.2) is 11.5 Å². The Balaban J connectivity index is 1.44. The van der Waals surface area contributed by atoms with Crippen molar-refractivity contribution in [3.8, 4) is 11.5 Å². The number of hydrogen-bond acceptors (Lipinski definition) is 5. The number of nitrogens with one attached hydrogen (secondary N) is 1. The summed E-state index contributed by atoms with van der Waals surface area (Å²) in [6.45, 7) is 0.219. The Kier molecular flexibility index (Phi) is 4.58. The lowest BCUT2D eigenvalue weighted by molar-refractivity contribution is -0.125. The first kappa shape index (κ1) is 15.7. The molecule has 0 aromatic heterocycles. The summed E-state index contributed by atoms with van der Waals surface area (Å²) in [4.78, 5) is 12.5. The molecule has 2 aliphatic rings. The van der Waals surface area contributed by atoms with Crippen LogP contribution in [0.2, 0.25) is 0 Å². The van der Waals surface area contributed by atoms with Crippen molar-refractivity contribution in [3.63, 3.8) is 0 Å². The van der Waals surface area contributed by atoms with Crippen molar-refractivity contribution in [2.24, 2.45) is 0 Å². The third kappa shape index (κ3) is 3.35. The number of thioether (sulfide) groups is 2. The predicted molar refractivity (Wildman–Crippen MR) is 99.1 cm³/mol. The fourth-order valence-electron chi connectivity index (χ4n) is 2.69. The molecule has 2 aliphatic heterocycles. The number of hydrogen-bond donors (Lipinski definition) is 1. The number of rotatable bonds is 3. The molecule has 1 fully saturated rings. The van der Waals surface area contributed by atoms with E-state index in [1.54, 1.807) is 0 Å². The number of benzene rings is 2. The van der Waals surface area contributed by atoms with E-state index in [1.807, 2.05) is 66.0 Å². The zero-order chi connectivity index (χ0) is 16.4. The summed E-state index contributed by atoms with van der Waals surface area (Å²) in [6.07, 6.45) is -0.640. The second-order valence-corrected chi connectivity index (χ2v) is 8.28. The maximum absolute atomic E-state index is 12.5. The van der Waals surface area contributed by atoms with Gasteiger partial charge in [0.25, 0.3) is 5.91 Å². The number of carbonyl (C=O) groups excluding carboxylic acids is 1. The number of carbonyl (C=O) groups is 1. The van der Waals surface area contributed by atoms with Crippen molar-refractivity contribution >= 4 is 35.1 Å². The quantitative estimate of drug-likeness (QED) is 0.899. The fraction of sp³-hybridized carbons (Fsp3) is 0.278. The predicted octanol–water partition coefficient (Wildman–Crippen LogP) is 3.94. The molecule has 1 N–H and O–H groups in total. The van der Waals surface area contributed by atoms with Crippen LogP contribution in [0, 0.1) is 0 Å². The summed E-state index contributed by atoms with van der Waals surface area (Å²) in [7, 11) is 0. The summed E-state index contributed by atoms with van der Waals surface area (Å²) < 4.78 is 11.8. The van der Waals surface area contributed by atoms with Crippen LogP contribution in [0.25, 0.3) is 0 Å². The molecule has 2 heterocycles. The number of para-hydroxylation sites is 2. The highest BCUT2D eigenvalue weighted by atomic mass is 32.2. The lowest BCUT2D eigenvalue weighted by atomic mass is 10.2. The molecule has 1 saturated heterocycles. The third-order valence-corrected chi connectivity index (χ3v) is 6.95. The molecule has 1 atom stereocenters. The minimum absolute atomic E-state index is 0.187. The van der Waals surface area contributed by atoms with E-state index in [4.69, 9.17) is 9.47 Å². The Morgan fingerprint density at radius 1 is 1.04 bits per heavy atom. The number of ether oxygens (including phenoxy) is 2. The molecule has 1 unspecified atom stereocenters. The van der Waals surface area contributed by atoms with E-state index in [2.05, 4.69) is 11.4 Å². The average Bonchev–Trinajstić information content (AvgIpc) is 3.16. The first-order chi connectivity index (χ1) is 11.8. The van der Waals surface area contributed by atoms with Crippen LogP contribution in [0.15, 0.2) is 48.5 Å². The molecule has 6 heteroatoms. The van der Waals surface area contributed by atoms with Gasteiger partial charge in [0.2, 0.25) is 6.10 Å². The van der Waals surface area contributed by atoms with E-state index in [0.29, 0.717) is 16.1 Å². The van der Waals surface area contributed by atoms with Crippen LogP contribution in [0.3, 0.4) is 0 Å². The molecule has 0 spiro atoms. The molecule has 0 saturated carbocycles. The topological polar surface area (TPSA) is 47.6 Å². The lowest BCUT2D eigenvalue weighted by Gasteiger charge is -2.25. The molecule has 2 aromatic carbocycles. The molecule has 124 valence electrons. The number of amides is 1. The first-order valence-electron chi connectivity index (χ1n) is 7.82. The monoisotopic (exact) mass is 359 g/mol.